The summed E-state index contributed by atoms with van der Waals surface area (Å²) in [6.07, 6.45) is 5.97. The number of amides is 1. The van der Waals surface area contributed by atoms with E-state index in [0.717, 1.165) is 43.5 Å². The molecule has 0 aliphatic carbocycles. The number of aromatic amines is 1. The summed E-state index contributed by atoms with van der Waals surface area (Å²) in [6.45, 7) is 3.72. The van der Waals surface area contributed by atoms with Gasteiger partial charge < -0.3 is 4.90 Å². The van der Waals surface area contributed by atoms with Crippen molar-refractivity contribution in [1.82, 2.24) is 25.0 Å². The summed E-state index contributed by atoms with van der Waals surface area (Å²) in [5.41, 5.74) is 2.75. The molecule has 2 bridgehead atoms. The van der Waals surface area contributed by atoms with Crippen LogP contribution in [0.25, 0.3) is 10.9 Å². The van der Waals surface area contributed by atoms with E-state index in [4.69, 9.17) is 0 Å². The van der Waals surface area contributed by atoms with Gasteiger partial charge in [-0.1, -0.05) is 18.2 Å². The molecule has 1 N–H and O–H groups in total. The maximum atomic E-state index is 13.3. The van der Waals surface area contributed by atoms with Gasteiger partial charge in [0.25, 0.3) is 5.91 Å². The number of carbonyl (C=O) groups excluding carboxylic acids is 1. The summed E-state index contributed by atoms with van der Waals surface area (Å²) in [5, 5.41) is 8.24. The quantitative estimate of drug-likeness (QED) is 0.779. The number of para-hydroxylation sites is 1. The first-order valence-corrected chi connectivity index (χ1v) is 9.63. The van der Waals surface area contributed by atoms with Crippen LogP contribution in [0.4, 0.5) is 0 Å². The number of piperidine rings is 1. The number of rotatable bonds is 3. The van der Waals surface area contributed by atoms with Gasteiger partial charge in [0.05, 0.1) is 5.52 Å². The fourth-order valence-corrected chi connectivity index (χ4v) is 4.57. The van der Waals surface area contributed by atoms with Crippen LogP contribution in [0.1, 0.15) is 28.9 Å². The number of carbonyl (C=O) groups is 1. The molecule has 0 radical (unpaired) electrons. The van der Waals surface area contributed by atoms with E-state index < -0.39 is 0 Å². The number of pyridine rings is 1. The van der Waals surface area contributed by atoms with Gasteiger partial charge in [-0.25, -0.2) is 0 Å². The fraction of sp³-hybridized carbons (Fsp3) is 0.381. The lowest BCUT2D eigenvalue weighted by Crippen LogP contribution is -2.47. The van der Waals surface area contributed by atoms with E-state index in [1.807, 2.05) is 36.7 Å². The lowest BCUT2D eigenvalue weighted by Gasteiger charge is -2.35. The smallest absolute Gasteiger partial charge is 0.275 e. The van der Waals surface area contributed by atoms with Gasteiger partial charge in [0.1, 0.15) is 0 Å². The predicted molar refractivity (Wildman–Crippen MR) is 103 cm³/mol. The molecule has 0 saturated carbocycles. The van der Waals surface area contributed by atoms with Crippen LogP contribution in [0.3, 0.4) is 0 Å². The average molecular weight is 361 g/mol. The molecule has 3 aliphatic heterocycles. The van der Waals surface area contributed by atoms with Gasteiger partial charge in [0.2, 0.25) is 0 Å². The highest BCUT2D eigenvalue weighted by Crippen LogP contribution is 2.30. The van der Waals surface area contributed by atoms with Crippen molar-refractivity contribution in [1.29, 1.82) is 0 Å². The number of nitrogens with zero attached hydrogens (tertiary/aromatic N) is 4. The van der Waals surface area contributed by atoms with E-state index in [2.05, 4.69) is 37.1 Å². The fourth-order valence-electron chi connectivity index (χ4n) is 4.57. The molecule has 6 nitrogen and oxygen atoms in total. The summed E-state index contributed by atoms with van der Waals surface area (Å²) in [4.78, 5) is 22.0. The van der Waals surface area contributed by atoms with Crippen molar-refractivity contribution in [2.75, 3.05) is 19.6 Å². The first kappa shape index (κ1) is 16.4. The van der Waals surface area contributed by atoms with Crippen molar-refractivity contribution in [3.63, 3.8) is 0 Å². The number of H-pyrrole nitrogens is 1. The Morgan fingerprint density at radius 2 is 1.93 bits per heavy atom. The summed E-state index contributed by atoms with van der Waals surface area (Å²) in [5.74, 6) is 0.590. The molecule has 0 unspecified atom stereocenters. The Morgan fingerprint density at radius 3 is 2.81 bits per heavy atom. The minimum Gasteiger partial charge on any atom is -0.333 e. The Hall–Kier alpha value is -2.73. The maximum absolute atomic E-state index is 13.3. The van der Waals surface area contributed by atoms with Crippen molar-refractivity contribution in [2.24, 2.45) is 5.92 Å². The molecule has 1 aromatic carbocycles. The highest BCUT2D eigenvalue weighted by atomic mass is 16.2. The van der Waals surface area contributed by atoms with Crippen molar-refractivity contribution < 1.29 is 4.79 Å². The molecule has 2 aromatic heterocycles. The van der Waals surface area contributed by atoms with Crippen molar-refractivity contribution in [2.45, 2.75) is 25.4 Å². The number of fused-ring (bicyclic) bond motifs is 5. The maximum Gasteiger partial charge on any atom is 0.275 e. The number of aromatic nitrogens is 3. The molecule has 0 spiro atoms. The predicted octanol–water partition coefficient (Wildman–Crippen LogP) is 2.69. The zero-order valence-electron chi connectivity index (χ0n) is 15.2. The molecule has 3 fully saturated rings. The Bertz CT molecular complexity index is 953. The summed E-state index contributed by atoms with van der Waals surface area (Å²) >= 11 is 0. The lowest BCUT2D eigenvalue weighted by atomic mass is 9.94. The third-order valence-electron chi connectivity index (χ3n) is 5.88. The van der Waals surface area contributed by atoms with Crippen molar-refractivity contribution in [3.8, 4) is 0 Å². The van der Waals surface area contributed by atoms with E-state index >= 15 is 0 Å². The molecule has 3 aliphatic rings. The third kappa shape index (κ3) is 3.10. The Balaban J connectivity index is 1.38. The van der Waals surface area contributed by atoms with Gasteiger partial charge in [-0.2, -0.15) is 5.10 Å². The molecule has 6 rings (SSSR count). The van der Waals surface area contributed by atoms with Crippen LogP contribution in [0, 0.1) is 5.92 Å². The normalized spacial score (nSPS) is 22.9. The summed E-state index contributed by atoms with van der Waals surface area (Å²) in [6, 6.07) is 12.3. The monoisotopic (exact) mass is 361 g/mol. The van der Waals surface area contributed by atoms with E-state index in [0.29, 0.717) is 11.6 Å². The van der Waals surface area contributed by atoms with E-state index in [-0.39, 0.29) is 11.9 Å². The zero-order valence-corrected chi connectivity index (χ0v) is 15.2. The van der Waals surface area contributed by atoms with Crippen LogP contribution in [0.2, 0.25) is 0 Å². The topological polar surface area (TPSA) is 65.1 Å². The second-order valence-corrected chi connectivity index (χ2v) is 7.72. The third-order valence-corrected chi connectivity index (χ3v) is 5.88. The van der Waals surface area contributed by atoms with Crippen LogP contribution in [0.5, 0.6) is 0 Å². The van der Waals surface area contributed by atoms with Crippen LogP contribution < -0.4 is 0 Å². The second-order valence-electron chi connectivity index (χ2n) is 7.72. The van der Waals surface area contributed by atoms with E-state index in [9.17, 15) is 4.79 Å². The minimum atomic E-state index is 0.0629. The molecule has 27 heavy (non-hydrogen) atoms. The van der Waals surface area contributed by atoms with E-state index in [1.165, 1.54) is 12.0 Å². The molecule has 1 amide bonds. The SMILES string of the molecule is O=C(c1n[nH]c2ccccc12)N1C[C@@H]2CC[C@H]1CN(Cc1ccncc1)C2. The van der Waals surface area contributed by atoms with Gasteiger partial charge in [0.15, 0.2) is 5.69 Å². The minimum absolute atomic E-state index is 0.0629. The van der Waals surface area contributed by atoms with Gasteiger partial charge in [-0.3, -0.25) is 19.8 Å². The van der Waals surface area contributed by atoms with Crippen LogP contribution >= 0.6 is 0 Å². The molecule has 3 aromatic rings. The summed E-state index contributed by atoms with van der Waals surface area (Å²) in [7, 11) is 0. The van der Waals surface area contributed by atoms with Crippen molar-refractivity contribution in [3.05, 3.63) is 60.0 Å². The molecule has 6 heteroatoms. The van der Waals surface area contributed by atoms with Gasteiger partial charge in [-0.15, -0.1) is 0 Å². The Kier molecular flexibility index (Phi) is 4.13. The van der Waals surface area contributed by atoms with Crippen LogP contribution in [-0.4, -0.2) is 56.6 Å². The standard InChI is InChI=1S/C21H23N5O/c27-21(20-18-3-1-2-4-19(18)23-24-20)26-13-16-5-6-17(26)14-25(12-16)11-15-7-9-22-10-8-15/h1-4,7-10,16-17H,5-6,11-14H2,(H,23,24)/t16-,17+/m1/s1. The van der Waals surface area contributed by atoms with Gasteiger partial charge in [0, 0.05) is 50.0 Å². The van der Waals surface area contributed by atoms with Gasteiger partial charge >= 0.3 is 0 Å². The number of nitrogens with one attached hydrogen (secondary N) is 1. The first-order chi connectivity index (χ1) is 13.3. The number of hydrogen-bond donors (Lipinski definition) is 1. The Labute approximate surface area is 158 Å². The first-order valence-electron chi connectivity index (χ1n) is 9.63. The lowest BCUT2D eigenvalue weighted by molar-refractivity contribution is 0.0581. The summed E-state index contributed by atoms with van der Waals surface area (Å²) < 4.78 is 0. The molecular formula is C21H23N5O. The second kappa shape index (κ2) is 6.78. The van der Waals surface area contributed by atoms with Gasteiger partial charge in [-0.05, 0) is 42.5 Å². The molecule has 138 valence electrons. The molecule has 2 atom stereocenters. The average Bonchev–Trinajstić information content (AvgIpc) is 2.94. The molecular weight excluding hydrogens is 338 g/mol. The Morgan fingerprint density at radius 1 is 1.07 bits per heavy atom. The van der Waals surface area contributed by atoms with Crippen LogP contribution in [-0.2, 0) is 6.54 Å². The highest BCUT2D eigenvalue weighted by molar-refractivity contribution is 6.04. The zero-order chi connectivity index (χ0) is 18.2. The number of hydrogen-bond acceptors (Lipinski definition) is 4. The number of benzene rings is 1. The van der Waals surface area contributed by atoms with E-state index in [1.54, 1.807) is 0 Å². The van der Waals surface area contributed by atoms with Crippen molar-refractivity contribution >= 4 is 16.8 Å². The highest BCUT2D eigenvalue weighted by Gasteiger charge is 2.38. The largest absolute Gasteiger partial charge is 0.333 e. The molecule has 5 heterocycles. The molecule has 3 saturated heterocycles. The van der Waals surface area contributed by atoms with Crippen LogP contribution in [0.15, 0.2) is 48.8 Å².